The second-order valence-corrected chi connectivity index (χ2v) is 12.1. The third-order valence-electron chi connectivity index (χ3n) is 8.42. The number of nitrogens with zero attached hydrogens (tertiary/aromatic N) is 3. The van der Waals surface area contributed by atoms with Crippen LogP contribution in [0.2, 0.25) is 0 Å². The molecule has 2 aromatic heterocycles. The lowest BCUT2D eigenvalue weighted by atomic mass is 10.0. The van der Waals surface area contributed by atoms with E-state index in [4.69, 9.17) is 14.8 Å². The summed E-state index contributed by atoms with van der Waals surface area (Å²) in [6, 6.07) is 9.52. The molecule has 0 bridgehead atoms. The number of aryl methyl sites for hydroxylation is 4. The first kappa shape index (κ1) is 32.8. The molecule has 10 nitrogen and oxygen atoms in total. The third kappa shape index (κ3) is 7.26. The molecule has 6 rings (SSSR count). The summed E-state index contributed by atoms with van der Waals surface area (Å²) in [5.74, 6) is -3.97. The number of nitro benzene ring substituents is 1. The zero-order valence-electron chi connectivity index (χ0n) is 25.9. The fourth-order valence-electron chi connectivity index (χ4n) is 6.19. The highest BCUT2D eigenvalue weighted by atomic mass is 19.3. The number of hydrogen-bond donors (Lipinski definition) is 3. The van der Waals surface area contributed by atoms with Crippen LogP contribution in [-0.2, 0) is 0 Å². The number of nitrogens with one attached hydrogen (secondary N) is 2. The zero-order valence-corrected chi connectivity index (χ0v) is 25.9. The predicted molar refractivity (Wildman–Crippen MR) is 166 cm³/mol. The summed E-state index contributed by atoms with van der Waals surface area (Å²) in [7, 11) is 0. The average Bonchev–Trinajstić information content (AvgIpc) is 3.71. The maximum atomic E-state index is 13.3. The van der Waals surface area contributed by atoms with Gasteiger partial charge >= 0.3 is 0 Å². The summed E-state index contributed by atoms with van der Waals surface area (Å²) in [6.07, 6.45) is 0.0268. The zero-order chi connectivity index (χ0) is 33.4. The number of benzene rings is 2. The molecule has 2 aromatic carbocycles. The number of nitrogen functional groups attached to an aromatic ring is 1. The Labute approximate surface area is 262 Å². The van der Waals surface area contributed by atoms with Crippen molar-refractivity contribution in [2.75, 3.05) is 16.4 Å². The average molecular weight is 645 g/mol. The summed E-state index contributed by atoms with van der Waals surface area (Å²) in [4.78, 5) is 10.9. The van der Waals surface area contributed by atoms with Gasteiger partial charge in [-0.1, -0.05) is 22.4 Å². The molecule has 14 heteroatoms. The predicted octanol–water partition coefficient (Wildman–Crippen LogP) is 8.61. The maximum Gasteiger partial charge on any atom is 0.292 e. The molecule has 2 fully saturated rings. The summed E-state index contributed by atoms with van der Waals surface area (Å²) >= 11 is 0. The lowest BCUT2D eigenvalue weighted by molar-refractivity contribution is -0.383. The monoisotopic (exact) mass is 644 g/mol. The molecule has 2 heterocycles. The summed E-state index contributed by atoms with van der Waals surface area (Å²) < 4.78 is 63.4. The Morgan fingerprint density at radius 3 is 1.65 bits per heavy atom. The fourth-order valence-corrected chi connectivity index (χ4v) is 6.19. The van der Waals surface area contributed by atoms with Crippen LogP contribution in [0.3, 0.4) is 0 Å². The molecule has 0 saturated heterocycles. The Morgan fingerprint density at radius 1 is 0.804 bits per heavy atom. The quantitative estimate of drug-likeness (QED) is 0.0779. The van der Waals surface area contributed by atoms with Crippen molar-refractivity contribution >= 4 is 22.7 Å². The molecule has 2 saturated carbocycles. The summed E-state index contributed by atoms with van der Waals surface area (Å²) in [5.41, 5.74) is 12.0. The van der Waals surface area contributed by atoms with E-state index >= 15 is 0 Å². The van der Waals surface area contributed by atoms with Gasteiger partial charge < -0.3 is 25.4 Å². The molecular weight excluding hydrogens is 608 g/mol. The number of alkyl halides is 4. The second-order valence-electron chi connectivity index (χ2n) is 12.1. The van der Waals surface area contributed by atoms with E-state index in [1.807, 2.05) is 32.0 Å². The van der Waals surface area contributed by atoms with Crippen molar-refractivity contribution < 1.29 is 31.5 Å². The molecule has 2 atom stereocenters. The van der Waals surface area contributed by atoms with E-state index in [1.165, 1.54) is 6.07 Å². The van der Waals surface area contributed by atoms with Crippen molar-refractivity contribution in [3.63, 3.8) is 0 Å². The Hall–Kier alpha value is -4.62. The Morgan fingerprint density at radius 2 is 1.26 bits per heavy atom. The number of nitrogens with two attached hydrogens (primary N) is 1. The molecule has 0 radical (unpaired) electrons. The number of aromatic nitrogens is 2. The van der Waals surface area contributed by atoms with Gasteiger partial charge in [0.1, 0.15) is 17.2 Å². The molecular formula is C32H36F4N6O4. The first-order valence-corrected chi connectivity index (χ1v) is 15.0. The molecule has 0 amide bonds. The van der Waals surface area contributed by atoms with Crippen molar-refractivity contribution in [1.29, 1.82) is 0 Å². The van der Waals surface area contributed by atoms with Crippen LogP contribution in [0.1, 0.15) is 61.4 Å². The van der Waals surface area contributed by atoms with E-state index < -0.39 is 22.8 Å². The fraction of sp³-hybridized carbons (Fsp3) is 0.438. The van der Waals surface area contributed by atoms with Crippen LogP contribution >= 0.6 is 0 Å². The van der Waals surface area contributed by atoms with E-state index in [1.54, 1.807) is 26.0 Å². The van der Waals surface area contributed by atoms with Gasteiger partial charge in [0.2, 0.25) is 11.8 Å². The summed E-state index contributed by atoms with van der Waals surface area (Å²) in [5, 5.41) is 25.2. The van der Waals surface area contributed by atoms with E-state index in [-0.39, 0.29) is 49.5 Å². The van der Waals surface area contributed by atoms with Gasteiger partial charge in [-0.2, -0.15) is 0 Å². The van der Waals surface area contributed by atoms with Crippen LogP contribution < -0.4 is 16.4 Å². The summed E-state index contributed by atoms with van der Waals surface area (Å²) in [6.45, 7) is 7.20. The van der Waals surface area contributed by atoms with Crippen molar-refractivity contribution in [1.82, 2.24) is 10.3 Å². The largest absolute Gasteiger partial charge is 0.397 e. The van der Waals surface area contributed by atoms with Crippen molar-refractivity contribution in [3.05, 3.63) is 69.4 Å². The molecule has 4 N–H and O–H groups in total. The van der Waals surface area contributed by atoms with Gasteiger partial charge in [0.05, 0.1) is 27.7 Å². The first-order valence-electron chi connectivity index (χ1n) is 15.0. The van der Waals surface area contributed by atoms with E-state index in [2.05, 4.69) is 20.9 Å². The second kappa shape index (κ2) is 12.6. The van der Waals surface area contributed by atoms with E-state index in [0.29, 0.717) is 40.4 Å². The van der Waals surface area contributed by atoms with Gasteiger partial charge in [-0.25, -0.2) is 17.6 Å². The van der Waals surface area contributed by atoms with Gasteiger partial charge in [0.15, 0.2) is 0 Å². The van der Waals surface area contributed by atoms with Crippen LogP contribution in [-0.4, -0.2) is 39.2 Å². The molecule has 0 unspecified atom stereocenters. The maximum absolute atomic E-state index is 13.3. The lowest BCUT2D eigenvalue weighted by Crippen LogP contribution is -2.19. The minimum absolute atomic E-state index is 0.0677. The molecule has 2 aliphatic rings. The highest BCUT2D eigenvalue weighted by Gasteiger charge is 2.40. The Bertz CT molecular complexity index is 1700. The van der Waals surface area contributed by atoms with Crippen molar-refractivity contribution in [3.8, 4) is 22.3 Å². The molecule has 246 valence electrons. The van der Waals surface area contributed by atoms with Crippen LogP contribution in [0.25, 0.3) is 22.3 Å². The molecule has 0 spiro atoms. The van der Waals surface area contributed by atoms with Crippen LogP contribution in [0.5, 0.6) is 0 Å². The smallest absolute Gasteiger partial charge is 0.292 e. The number of anilines is 3. The molecule has 0 aliphatic heterocycles. The van der Waals surface area contributed by atoms with Gasteiger partial charge in [-0.15, -0.1) is 0 Å². The standard InChI is InChI=1S/C16H17F2N3O3.C16H19F2N3O/c1-9-15(10(2)24-20-9)11-3-4-13(14(7-11)21(22)23)19-12-5-6-16(17,18)8-12;1-9-15(10(2)22-21-9)11-3-4-14(13(19)7-11)20-12-5-6-16(17,18)8-12/h3-4,7,12,19H,5-6,8H2,1-2H3;3-4,7,12,20H,5-6,8,19H2,1-2H3/t2*12-/m11/s1. The van der Waals surface area contributed by atoms with Crippen LogP contribution in [0, 0.1) is 37.8 Å². The normalized spacial score (nSPS) is 19.8. The Balaban J connectivity index is 0.000000182. The lowest BCUT2D eigenvalue weighted by Gasteiger charge is -2.16. The number of rotatable bonds is 7. The van der Waals surface area contributed by atoms with Gasteiger partial charge in [0.25, 0.3) is 5.69 Å². The highest BCUT2D eigenvalue weighted by Crippen LogP contribution is 2.40. The van der Waals surface area contributed by atoms with Gasteiger partial charge in [-0.05, 0) is 69.9 Å². The number of hydrogen-bond acceptors (Lipinski definition) is 9. The number of nitro groups is 1. The van der Waals surface area contributed by atoms with Crippen molar-refractivity contribution in [2.24, 2.45) is 0 Å². The minimum Gasteiger partial charge on any atom is -0.397 e. The Kier molecular flexibility index (Phi) is 9.00. The van der Waals surface area contributed by atoms with Crippen LogP contribution in [0.4, 0.5) is 40.3 Å². The molecule has 2 aliphatic carbocycles. The SMILES string of the molecule is Cc1noc(C)c1-c1ccc(N[C@@H]2CCC(F)(F)C2)c(N)c1.Cc1noc(C)c1-c1ccc(N[C@@H]2CCC(F)(F)C2)c([N+](=O)[O-])c1. The highest BCUT2D eigenvalue weighted by molar-refractivity contribution is 5.78. The number of halogens is 4. The van der Waals surface area contributed by atoms with Crippen molar-refractivity contribution in [2.45, 2.75) is 90.1 Å². The van der Waals surface area contributed by atoms with E-state index in [9.17, 15) is 27.7 Å². The molecule has 4 aromatic rings. The first-order chi connectivity index (χ1) is 21.6. The third-order valence-corrected chi connectivity index (χ3v) is 8.42. The minimum atomic E-state index is -2.71. The van der Waals surface area contributed by atoms with Gasteiger partial charge in [-0.3, -0.25) is 10.1 Å². The van der Waals surface area contributed by atoms with Crippen LogP contribution in [0.15, 0.2) is 45.4 Å². The van der Waals surface area contributed by atoms with E-state index in [0.717, 1.165) is 22.6 Å². The van der Waals surface area contributed by atoms with Gasteiger partial charge in [0, 0.05) is 55.0 Å². The topological polar surface area (TPSA) is 145 Å². The molecule has 46 heavy (non-hydrogen) atoms.